The molecule has 7 heteroatoms. The van der Waals surface area contributed by atoms with Crippen molar-refractivity contribution < 1.29 is 14.3 Å². The topological polar surface area (TPSA) is 81.5 Å². The van der Waals surface area contributed by atoms with E-state index in [-0.39, 0.29) is 30.9 Å². The maximum Gasteiger partial charge on any atom is 0.306 e. The summed E-state index contributed by atoms with van der Waals surface area (Å²) in [6.07, 6.45) is 0.802. The summed E-state index contributed by atoms with van der Waals surface area (Å²) >= 11 is 0. The lowest BCUT2D eigenvalue weighted by Crippen LogP contribution is -2.38. The quantitative estimate of drug-likeness (QED) is 0.432. The molecule has 3 aromatic rings. The maximum absolute atomic E-state index is 13.6. The average molecular weight is 464 g/mol. The van der Waals surface area contributed by atoms with Gasteiger partial charge in [0.25, 0.3) is 5.56 Å². The van der Waals surface area contributed by atoms with Gasteiger partial charge >= 0.3 is 5.97 Å². The van der Waals surface area contributed by atoms with Crippen molar-refractivity contribution in [3.05, 3.63) is 69.8 Å². The monoisotopic (exact) mass is 463 g/mol. The first-order valence-electron chi connectivity index (χ1n) is 11.8. The predicted octanol–water partition coefficient (Wildman–Crippen LogP) is 4.65. The highest BCUT2D eigenvalue weighted by atomic mass is 16.5. The van der Waals surface area contributed by atoms with Crippen LogP contribution in [0.15, 0.2) is 47.3 Å². The number of hydrogen-bond donors (Lipinski definition) is 0. The van der Waals surface area contributed by atoms with Gasteiger partial charge in [-0.05, 0) is 69.5 Å². The minimum atomic E-state index is -0.478. The standard InChI is InChI=1S/C27H33N3O4/c1-6-16-29(24(31)14-15-25(32)34-7-2)20(5)26-28-23-11-9-8-10-22(23)27(33)30(26)21-13-12-18(3)19(4)17-21/h8-13,17,20H,6-7,14-16H2,1-5H3. The van der Waals surface area contributed by atoms with Crippen LogP contribution in [0.25, 0.3) is 16.6 Å². The van der Waals surface area contributed by atoms with Crippen molar-refractivity contribution in [3.8, 4) is 5.69 Å². The lowest BCUT2D eigenvalue weighted by Gasteiger charge is -2.30. The Hall–Kier alpha value is -3.48. The summed E-state index contributed by atoms with van der Waals surface area (Å²) < 4.78 is 6.58. The minimum Gasteiger partial charge on any atom is -0.466 e. The molecule has 0 N–H and O–H groups in total. The van der Waals surface area contributed by atoms with Crippen LogP contribution in [0.2, 0.25) is 0 Å². The molecule has 34 heavy (non-hydrogen) atoms. The van der Waals surface area contributed by atoms with E-state index in [0.717, 1.165) is 17.5 Å². The summed E-state index contributed by atoms with van der Waals surface area (Å²) in [4.78, 5) is 45.2. The summed E-state index contributed by atoms with van der Waals surface area (Å²) in [6, 6.07) is 12.6. The molecule has 0 saturated heterocycles. The highest BCUT2D eigenvalue weighted by Crippen LogP contribution is 2.25. The van der Waals surface area contributed by atoms with Gasteiger partial charge in [0.15, 0.2) is 0 Å². The molecule has 0 saturated carbocycles. The van der Waals surface area contributed by atoms with Crippen LogP contribution in [-0.2, 0) is 14.3 Å². The van der Waals surface area contributed by atoms with E-state index in [1.807, 2.05) is 64.1 Å². The highest BCUT2D eigenvalue weighted by molar-refractivity contribution is 5.82. The Morgan fingerprint density at radius 3 is 2.47 bits per heavy atom. The zero-order valence-electron chi connectivity index (χ0n) is 20.6. The fourth-order valence-electron chi connectivity index (χ4n) is 4.04. The van der Waals surface area contributed by atoms with E-state index in [9.17, 15) is 14.4 Å². The van der Waals surface area contributed by atoms with E-state index in [0.29, 0.717) is 29.0 Å². The molecule has 0 bridgehead atoms. The van der Waals surface area contributed by atoms with Crippen molar-refractivity contribution in [2.75, 3.05) is 13.2 Å². The number of ether oxygens (including phenoxy) is 1. The summed E-state index contributed by atoms with van der Waals surface area (Å²) in [6.45, 7) is 10.4. The summed E-state index contributed by atoms with van der Waals surface area (Å²) in [7, 11) is 0. The molecular weight excluding hydrogens is 430 g/mol. The smallest absolute Gasteiger partial charge is 0.306 e. The number of carbonyl (C=O) groups excluding carboxylic acids is 2. The van der Waals surface area contributed by atoms with E-state index >= 15 is 0 Å². The Labute approximate surface area is 200 Å². The molecule has 0 aliphatic carbocycles. The van der Waals surface area contributed by atoms with Crippen molar-refractivity contribution >= 4 is 22.8 Å². The van der Waals surface area contributed by atoms with Gasteiger partial charge in [-0.3, -0.25) is 19.0 Å². The first kappa shape index (κ1) is 25.1. The Bertz CT molecular complexity index is 1250. The third-order valence-corrected chi connectivity index (χ3v) is 6.02. The van der Waals surface area contributed by atoms with Crippen LogP contribution < -0.4 is 5.56 Å². The minimum absolute atomic E-state index is 0.0225. The van der Waals surface area contributed by atoms with Gasteiger partial charge in [0.1, 0.15) is 5.82 Å². The van der Waals surface area contributed by atoms with Crippen molar-refractivity contribution in [2.24, 2.45) is 0 Å². The van der Waals surface area contributed by atoms with Crippen molar-refractivity contribution in [1.29, 1.82) is 0 Å². The van der Waals surface area contributed by atoms with Gasteiger partial charge in [0.05, 0.1) is 35.7 Å². The van der Waals surface area contributed by atoms with E-state index in [1.165, 1.54) is 0 Å². The molecule has 0 radical (unpaired) electrons. The number of amides is 1. The number of fused-ring (bicyclic) bond motifs is 1. The second-order valence-electron chi connectivity index (χ2n) is 8.46. The van der Waals surface area contributed by atoms with Crippen molar-refractivity contribution in [1.82, 2.24) is 14.5 Å². The third kappa shape index (κ3) is 5.35. The number of nitrogens with zero attached hydrogens (tertiary/aromatic N) is 3. The molecule has 180 valence electrons. The molecule has 7 nitrogen and oxygen atoms in total. The molecule has 1 aromatic heterocycles. The highest BCUT2D eigenvalue weighted by Gasteiger charge is 2.26. The molecule has 1 atom stereocenters. The molecule has 0 spiro atoms. The van der Waals surface area contributed by atoms with Crippen LogP contribution >= 0.6 is 0 Å². The molecule has 0 aliphatic heterocycles. The number of benzene rings is 2. The number of aromatic nitrogens is 2. The van der Waals surface area contributed by atoms with Crippen molar-refractivity contribution in [2.45, 2.75) is 59.9 Å². The molecule has 1 unspecified atom stereocenters. The number of aryl methyl sites for hydroxylation is 2. The zero-order valence-corrected chi connectivity index (χ0v) is 20.6. The molecular formula is C27H33N3O4. The van der Waals surface area contributed by atoms with Crippen LogP contribution in [0, 0.1) is 13.8 Å². The Morgan fingerprint density at radius 1 is 1.06 bits per heavy atom. The van der Waals surface area contributed by atoms with Crippen molar-refractivity contribution in [3.63, 3.8) is 0 Å². The molecule has 3 rings (SSSR count). The SMILES string of the molecule is CCCN(C(=O)CCC(=O)OCC)C(C)c1nc2ccccc2c(=O)n1-c1ccc(C)c(C)c1. The first-order valence-corrected chi connectivity index (χ1v) is 11.8. The number of esters is 1. The number of para-hydroxylation sites is 1. The first-order chi connectivity index (χ1) is 16.3. The van der Waals surface area contributed by atoms with Crippen LogP contribution in [0.5, 0.6) is 0 Å². The Morgan fingerprint density at radius 2 is 1.79 bits per heavy atom. The van der Waals surface area contributed by atoms with Gasteiger partial charge in [0, 0.05) is 13.0 Å². The fraction of sp³-hybridized carbons (Fsp3) is 0.407. The summed E-state index contributed by atoms with van der Waals surface area (Å²) in [5.74, 6) is -0.0721. The largest absolute Gasteiger partial charge is 0.466 e. The van der Waals surface area contributed by atoms with E-state index < -0.39 is 12.0 Å². The fourth-order valence-corrected chi connectivity index (χ4v) is 4.04. The lowest BCUT2D eigenvalue weighted by atomic mass is 10.1. The molecule has 2 aromatic carbocycles. The van der Waals surface area contributed by atoms with E-state index in [4.69, 9.17) is 9.72 Å². The van der Waals surface area contributed by atoms with E-state index in [2.05, 4.69) is 0 Å². The third-order valence-electron chi connectivity index (χ3n) is 6.02. The van der Waals surface area contributed by atoms with Gasteiger partial charge in [0.2, 0.25) is 5.91 Å². The van der Waals surface area contributed by atoms with Gasteiger partial charge in [-0.1, -0.05) is 25.1 Å². The number of rotatable bonds is 9. The van der Waals surface area contributed by atoms with E-state index in [1.54, 1.807) is 22.5 Å². The summed E-state index contributed by atoms with van der Waals surface area (Å²) in [5, 5.41) is 0.521. The average Bonchev–Trinajstić information content (AvgIpc) is 2.82. The second-order valence-corrected chi connectivity index (χ2v) is 8.46. The predicted molar refractivity (Wildman–Crippen MR) is 133 cm³/mol. The number of hydrogen-bond acceptors (Lipinski definition) is 5. The molecule has 0 fully saturated rings. The zero-order chi connectivity index (χ0) is 24.8. The normalized spacial score (nSPS) is 11.9. The number of carbonyl (C=O) groups is 2. The van der Waals surface area contributed by atoms with Gasteiger partial charge in [-0.2, -0.15) is 0 Å². The van der Waals surface area contributed by atoms with Crippen LogP contribution in [0.3, 0.4) is 0 Å². The lowest BCUT2D eigenvalue weighted by molar-refractivity contribution is -0.146. The maximum atomic E-state index is 13.6. The summed E-state index contributed by atoms with van der Waals surface area (Å²) in [5.41, 5.74) is 3.31. The van der Waals surface area contributed by atoms with Gasteiger partial charge < -0.3 is 9.64 Å². The van der Waals surface area contributed by atoms with Crippen LogP contribution in [0.1, 0.15) is 63.0 Å². The van der Waals surface area contributed by atoms with Gasteiger partial charge in [-0.25, -0.2) is 4.98 Å². The molecule has 0 aliphatic rings. The van der Waals surface area contributed by atoms with Gasteiger partial charge in [-0.15, -0.1) is 0 Å². The van der Waals surface area contributed by atoms with Crippen LogP contribution in [-0.4, -0.2) is 39.5 Å². The molecule has 1 heterocycles. The van der Waals surface area contributed by atoms with Crippen LogP contribution in [0.4, 0.5) is 0 Å². The second kappa shape index (κ2) is 11.1. The Balaban J connectivity index is 2.11. The molecule has 1 amide bonds. The Kier molecular flexibility index (Phi) is 8.21.